The van der Waals surface area contributed by atoms with Crippen molar-refractivity contribution in [2.24, 2.45) is 0 Å². The van der Waals surface area contributed by atoms with Gasteiger partial charge < -0.3 is 10.2 Å². The number of hydrogen-bond donors (Lipinski definition) is 1. The first kappa shape index (κ1) is 14.3. The molecule has 1 amide bonds. The van der Waals surface area contributed by atoms with Crippen LogP contribution < -0.4 is 10.2 Å². The van der Waals surface area contributed by atoms with Crippen molar-refractivity contribution in [2.75, 3.05) is 18.0 Å². The molecule has 1 aromatic rings. The van der Waals surface area contributed by atoms with E-state index in [-0.39, 0.29) is 17.2 Å². The maximum absolute atomic E-state index is 11.3. The average Bonchev–Trinajstić information content (AvgIpc) is 2.40. The molecule has 1 N–H and O–H groups in total. The molecule has 1 aromatic heterocycles. The van der Waals surface area contributed by atoms with Crippen LogP contribution in [0.4, 0.5) is 5.69 Å². The van der Waals surface area contributed by atoms with Gasteiger partial charge in [0.15, 0.2) is 5.15 Å². The van der Waals surface area contributed by atoms with Gasteiger partial charge in [0.05, 0.1) is 11.9 Å². The molecule has 5 nitrogen and oxygen atoms in total. The van der Waals surface area contributed by atoms with Crippen LogP contribution in [-0.4, -0.2) is 35.0 Å². The smallest absolute Gasteiger partial charge is 0.223 e. The Balaban J connectivity index is 1.94. The summed E-state index contributed by atoms with van der Waals surface area (Å²) in [6, 6.07) is 0.246. The summed E-state index contributed by atoms with van der Waals surface area (Å²) in [5.74, 6) is 0.103. The molecule has 1 aliphatic rings. The van der Waals surface area contributed by atoms with E-state index in [1.807, 2.05) is 6.92 Å². The molecule has 7 heteroatoms. The number of carbonyl (C=O) groups is 1. The van der Waals surface area contributed by atoms with E-state index in [0.717, 1.165) is 31.6 Å². The van der Waals surface area contributed by atoms with Crippen LogP contribution in [0.15, 0.2) is 6.20 Å². The van der Waals surface area contributed by atoms with Gasteiger partial charge in [-0.15, -0.1) is 0 Å². The van der Waals surface area contributed by atoms with Gasteiger partial charge in [-0.05, 0) is 24.4 Å². The number of rotatable bonds is 3. The van der Waals surface area contributed by atoms with Crippen LogP contribution in [-0.2, 0) is 4.79 Å². The SMILES string of the molecule is CCC(=O)NC1CCN(c2cnc(Cl)nc2Cl)CC1. The number of anilines is 1. The Morgan fingerprint density at radius 1 is 1.47 bits per heavy atom. The normalized spacial score (nSPS) is 16.5. The van der Waals surface area contributed by atoms with Gasteiger partial charge >= 0.3 is 0 Å². The number of aromatic nitrogens is 2. The minimum Gasteiger partial charge on any atom is -0.368 e. The minimum atomic E-state index is 0.103. The molecule has 0 unspecified atom stereocenters. The Morgan fingerprint density at radius 3 is 2.74 bits per heavy atom. The molecule has 2 rings (SSSR count). The lowest BCUT2D eigenvalue weighted by Gasteiger charge is -2.33. The zero-order valence-electron chi connectivity index (χ0n) is 10.7. The summed E-state index contributed by atoms with van der Waals surface area (Å²) in [4.78, 5) is 21.4. The van der Waals surface area contributed by atoms with E-state index in [0.29, 0.717) is 11.6 Å². The van der Waals surface area contributed by atoms with Gasteiger partial charge in [-0.2, -0.15) is 0 Å². The molecule has 19 heavy (non-hydrogen) atoms. The van der Waals surface area contributed by atoms with Crippen molar-refractivity contribution in [2.45, 2.75) is 32.2 Å². The second-order valence-electron chi connectivity index (χ2n) is 4.50. The van der Waals surface area contributed by atoms with Crippen molar-refractivity contribution >= 4 is 34.8 Å². The summed E-state index contributed by atoms with van der Waals surface area (Å²) < 4.78 is 0. The first-order chi connectivity index (χ1) is 9.10. The Hall–Kier alpha value is -1.07. The number of hydrogen-bond acceptors (Lipinski definition) is 4. The molecular formula is C12H16Cl2N4O. The molecule has 104 valence electrons. The van der Waals surface area contributed by atoms with E-state index in [9.17, 15) is 4.79 Å². The maximum Gasteiger partial charge on any atom is 0.223 e. The fourth-order valence-electron chi connectivity index (χ4n) is 2.14. The van der Waals surface area contributed by atoms with Crippen LogP contribution in [0.25, 0.3) is 0 Å². The van der Waals surface area contributed by atoms with Crippen molar-refractivity contribution in [3.63, 3.8) is 0 Å². The highest BCUT2D eigenvalue weighted by atomic mass is 35.5. The van der Waals surface area contributed by atoms with Gasteiger partial charge in [-0.3, -0.25) is 4.79 Å². The van der Waals surface area contributed by atoms with Crippen LogP contribution in [0.1, 0.15) is 26.2 Å². The third-order valence-electron chi connectivity index (χ3n) is 3.22. The summed E-state index contributed by atoms with van der Waals surface area (Å²) in [5, 5.41) is 3.54. The predicted molar refractivity (Wildman–Crippen MR) is 75.7 cm³/mol. The van der Waals surface area contributed by atoms with E-state index >= 15 is 0 Å². The summed E-state index contributed by atoms with van der Waals surface area (Å²) >= 11 is 11.7. The monoisotopic (exact) mass is 302 g/mol. The molecule has 0 aromatic carbocycles. The van der Waals surface area contributed by atoms with Crippen LogP contribution in [0.2, 0.25) is 10.4 Å². The highest BCUT2D eigenvalue weighted by Gasteiger charge is 2.22. The number of carbonyl (C=O) groups excluding carboxylic acids is 1. The van der Waals surface area contributed by atoms with Gasteiger partial charge in [0, 0.05) is 25.6 Å². The molecule has 2 heterocycles. The van der Waals surface area contributed by atoms with Crippen LogP contribution >= 0.6 is 23.2 Å². The lowest BCUT2D eigenvalue weighted by Crippen LogP contribution is -2.44. The molecule has 0 radical (unpaired) electrons. The molecule has 0 spiro atoms. The second-order valence-corrected chi connectivity index (χ2v) is 5.19. The average molecular weight is 303 g/mol. The van der Waals surface area contributed by atoms with E-state index in [4.69, 9.17) is 23.2 Å². The van der Waals surface area contributed by atoms with E-state index in [1.54, 1.807) is 6.20 Å². The highest BCUT2D eigenvalue weighted by molar-refractivity contribution is 6.33. The predicted octanol–water partition coefficient (Wildman–Crippen LogP) is 2.28. The summed E-state index contributed by atoms with van der Waals surface area (Å²) in [6.07, 6.45) is 3.95. The standard InChI is InChI=1S/C12H16Cl2N4O/c1-2-10(19)16-8-3-5-18(6-4-8)9-7-15-12(14)17-11(9)13/h7-8H,2-6H2,1H3,(H,16,19). The number of amides is 1. The molecule has 0 atom stereocenters. The quantitative estimate of drug-likeness (QED) is 0.687. The largest absolute Gasteiger partial charge is 0.368 e. The lowest BCUT2D eigenvalue weighted by atomic mass is 10.0. The Kier molecular flexibility index (Phi) is 4.82. The van der Waals surface area contributed by atoms with Crippen molar-refractivity contribution < 1.29 is 4.79 Å². The first-order valence-corrected chi connectivity index (χ1v) is 7.08. The molecule has 0 aliphatic carbocycles. The van der Waals surface area contributed by atoms with Gasteiger partial charge in [-0.1, -0.05) is 18.5 Å². The molecular weight excluding hydrogens is 287 g/mol. The summed E-state index contributed by atoms with van der Waals surface area (Å²) in [6.45, 7) is 3.49. The number of nitrogens with zero attached hydrogens (tertiary/aromatic N) is 3. The second kappa shape index (κ2) is 6.39. The zero-order chi connectivity index (χ0) is 13.8. The van der Waals surface area contributed by atoms with Gasteiger partial charge in [0.2, 0.25) is 11.2 Å². The third-order valence-corrected chi connectivity index (χ3v) is 3.68. The van der Waals surface area contributed by atoms with Crippen LogP contribution in [0.3, 0.4) is 0 Å². The molecule has 1 fully saturated rings. The molecule has 1 saturated heterocycles. The fraction of sp³-hybridized carbons (Fsp3) is 0.583. The van der Waals surface area contributed by atoms with Crippen molar-refractivity contribution in [1.29, 1.82) is 0 Å². The lowest BCUT2D eigenvalue weighted by molar-refractivity contribution is -0.121. The van der Waals surface area contributed by atoms with E-state index in [1.165, 1.54) is 0 Å². The van der Waals surface area contributed by atoms with Gasteiger partial charge in [0.1, 0.15) is 0 Å². The maximum atomic E-state index is 11.3. The van der Waals surface area contributed by atoms with Gasteiger partial charge in [-0.25, -0.2) is 9.97 Å². The zero-order valence-corrected chi connectivity index (χ0v) is 12.2. The van der Waals surface area contributed by atoms with E-state index < -0.39 is 0 Å². The number of nitrogens with one attached hydrogen (secondary N) is 1. The third kappa shape index (κ3) is 3.70. The Morgan fingerprint density at radius 2 is 2.16 bits per heavy atom. The first-order valence-electron chi connectivity index (χ1n) is 6.32. The van der Waals surface area contributed by atoms with Crippen LogP contribution in [0, 0.1) is 0 Å². The molecule has 1 aliphatic heterocycles. The van der Waals surface area contributed by atoms with Gasteiger partial charge in [0.25, 0.3) is 0 Å². The molecule has 0 saturated carbocycles. The Bertz CT molecular complexity index is 461. The Labute approximate surface area is 122 Å². The van der Waals surface area contributed by atoms with E-state index in [2.05, 4.69) is 20.2 Å². The summed E-state index contributed by atoms with van der Waals surface area (Å²) in [7, 11) is 0. The van der Waals surface area contributed by atoms with Crippen molar-refractivity contribution in [3.05, 3.63) is 16.6 Å². The van der Waals surface area contributed by atoms with Crippen LogP contribution in [0.5, 0.6) is 0 Å². The number of piperidine rings is 1. The highest BCUT2D eigenvalue weighted by Crippen LogP contribution is 2.26. The summed E-state index contributed by atoms with van der Waals surface area (Å²) in [5.41, 5.74) is 0.798. The fourth-order valence-corrected chi connectivity index (χ4v) is 2.57. The van der Waals surface area contributed by atoms with Crippen molar-refractivity contribution in [3.8, 4) is 0 Å². The topological polar surface area (TPSA) is 58.1 Å². The number of halogens is 2. The molecule has 0 bridgehead atoms. The van der Waals surface area contributed by atoms with Crippen molar-refractivity contribution in [1.82, 2.24) is 15.3 Å². The minimum absolute atomic E-state index is 0.103.